The number of fused-ring (bicyclic) bond motifs is 3. The third-order valence-corrected chi connectivity index (χ3v) is 6.77. The summed E-state index contributed by atoms with van der Waals surface area (Å²) in [5.41, 5.74) is 1.93. The highest BCUT2D eigenvalue weighted by atomic mass is 16.3. The van der Waals surface area contributed by atoms with E-state index >= 15 is 0 Å². The predicted molar refractivity (Wildman–Crippen MR) is 89.1 cm³/mol. The van der Waals surface area contributed by atoms with E-state index < -0.39 is 0 Å². The van der Waals surface area contributed by atoms with Gasteiger partial charge in [0.05, 0.1) is 11.1 Å². The Kier molecular flexibility index (Phi) is 2.18. The lowest BCUT2D eigenvalue weighted by molar-refractivity contribution is -0.146. The number of pyridine rings is 1. The monoisotopic (exact) mass is 307 g/mol. The molecule has 0 aliphatic heterocycles. The zero-order valence-electron chi connectivity index (χ0n) is 13.1. The van der Waals surface area contributed by atoms with Crippen molar-refractivity contribution in [2.24, 2.45) is 17.8 Å². The Morgan fingerprint density at radius 3 is 2.78 bits per heavy atom. The molecule has 0 saturated heterocycles. The number of aromatic nitrogens is 3. The molecule has 4 aliphatic carbocycles. The van der Waals surface area contributed by atoms with Crippen LogP contribution in [0.2, 0.25) is 0 Å². The Labute approximate surface area is 134 Å². The molecule has 4 bridgehead atoms. The van der Waals surface area contributed by atoms with E-state index in [1.54, 1.807) is 0 Å². The van der Waals surface area contributed by atoms with E-state index in [1.807, 2.05) is 12.4 Å². The maximum atomic E-state index is 10.8. The summed E-state index contributed by atoms with van der Waals surface area (Å²) in [7, 11) is 0. The second-order valence-electron chi connectivity index (χ2n) is 8.21. The smallest absolute Gasteiger partial charge is 0.139 e. The molecule has 5 atom stereocenters. The van der Waals surface area contributed by atoms with Gasteiger partial charge in [-0.1, -0.05) is 0 Å². The van der Waals surface area contributed by atoms with E-state index in [1.165, 1.54) is 29.1 Å². The highest BCUT2D eigenvalue weighted by Crippen LogP contribution is 2.60. The van der Waals surface area contributed by atoms with E-state index in [4.69, 9.17) is 0 Å². The van der Waals surface area contributed by atoms with Crippen LogP contribution >= 0.6 is 0 Å². The van der Waals surface area contributed by atoms with Crippen LogP contribution in [0.25, 0.3) is 21.9 Å². The van der Waals surface area contributed by atoms with Crippen molar-refractivity contribution in [3.8, 4) is 0 Å². The van der Waals surface area contributed by atoms with Crippen LogP contribution in [-0.2, 0) is 0 Å². The van der Waals surface area contributed by atoms with Crippen LogP contribution in [0.4, 0.5) is 0 Å². The lowest BCUT2D eigenvalue weighted by Crippen LogP contribution is -2.54. The summed E-state index contributed by atoms with van der Waals surface area (Å²) < 4.78 is 2.52. The van der Waals surface area contributed by atoms with Gasteiger partial charge in [0, 0.05) is 35.4 Å². The molecule has 7 rings (SSSR count). The summed E-state index contributed by atoms with van der Waals surface area (Å²) in [5, 5.41) is 13.3. The summed E-state index contributed by atoms with van der Waals surface area (Å²) in [6.07, 6.45) is 11.8. The molecule has 1 unspecified atom stereocenters. The first-order chi connectivity index (χ1) is 11.2. The molecule has 4 heteroatoms. The van der Waals surface area contributed by atoms with Crippen molar-refractivity contribution >= 4 is 21.9 Å². The van der Waals surface area contributed by atoms with Gasteiger partial charge in [-0.05, 0) is 62.0 Å². The van der Waals surface area contributed by atoms with Crippen LogP contribution in [0, 0.1) is 17.8 Å². The van der Waals surface area contributed by atoms with Gasteiger partial charge in [-0.15, -0.1) is 0 Å². The molecule has 118 valence electrons. The molecule has 4 aliphatic rings. The quantitative estimate of drug-likeness (QED) is 0.721. The first-order valence-electron chi connectivity index (χ1n) is 8.85. The fraction of sp³-hybridized carbons (Fsp3) is 0.526. The maximum absolute atomic E-state index is 10.8. The lowest BCUT2D eigenvalue weighted by atomic mass is 9.52. The van der Waals surface area contributed by atoms with Crippen molar-refractivity contribution in [3.63, 3.8) is 0 Å². The SMILES string of the molecule is O[C@]12CC3C[C@H](C1)[C@H](n1ccc4cnc5[nH]ccc5c41)[C@@H](C3)C2. The summed E-state index contributed by atoms with van der Waals surface area (Å²) in [4.78, 5) is 7.76. The lowest BCUT2D eigenvalue weighted by Gasteiger charge is -2.58. The van der Waals surface area contributed by atoms with Gasteiger partial charge in [0.25, 0.3) is 0 Å². The molecule has 4 nitrogen and oxygen atoms in total. The number of nitrogens with zero attached hydrogens (tertiary/aromatic N) is 2. The molecule has 0 aromatic carbocycles. The Morgan fingerprint density at radius 2 is 2.00 bits per heavy atom. The highest BCUT2D eigenvalue weighted by Gasteiger charge is 2.55. The maximum Gasteiger partial charge on any atom is 0.139 e. The van der Waals surface area contributed by atoms with Crippen molar-refractivity contribution in [2.45, 2.75) is 43.7 Å². The number of hydrogen-bond donors (Lipinski definition) is 2. The van der Waals surface area contributed by atoms with Crippen molar-refractivity contribution in [1.29, 1.82) is 0 Å². The molecule has 2 N–H and O–H groups in total. The number of aromatic amines is 1. The zero-order chi connectivity index (χ0) is 15.2. The normalized spacial score (nSPS) is 38.8. The molecule has 4 saturated carbocycles. The number of rotatable bonds is 1. The Balaban J connectivity index is 1.56. The molecule has 0 spiro atoms. The standard InChI is InChI=1S/C19H21N3O/c23-19-7-11-5-13(8-19)16(14(6-11)9-19)22-4-2-12-10-21-18-15(17(12)22)1-3-20-18/h1-4,10-11,13-14,16,23H,5-9H2,(H,20,21)/t11?,13-,14+,16+,19-. The second-order valence-corrected chi connectivity index (χ2v) is 8.21. The first kappa shape index (κ1) is 12.6. The molecular formula is C19H21N3O. The minimum Gasteiger partial charge on any atom is -0.390 e. The molecule has 3 heterocycles. The van der Waals surface area contributed by atoms with Crippen LogP contribution in [0.15, 0.2) is 30.7 Å². The van der Waals surface area contributed by atoms with Gasteiger partial charge in [0.1, 0.15) is 5.65 Å². The number of hydrogen-bond acceptors (Lipinski definition) is 2. The summed E-state index contributed by atoms with van der Waals surface area (Å²) >= 11 is 0. The molecule has 3 aromatic heterocycles. The van der Waals surface area contributed by atoms with Crippen molar-refractivity contribution in [2.75, 3.05) is 0 Å². The molecule has 0 radical (unpaired) electrons. The molecular weight excluding hydrogens is 286 g/mol. The van der Waals surface area contributed by atoms with Crippen LogP contribution in [0.3, 0.4) is 0 Å². The zero-order valence-corrected chi connectivity index (χ0v) is 13.1. The Morgan fingerprint density at radius 1 is 1.17 bits per heavy atom. The predicted octanol–water partition coefficient (Wildman–Crippen LogP) is 3.63. The van der Waals surface area contributed by atoms with Crippen LogP contribution < -0.4 is 0 Å². The van der Waals surface area contributed by atoms with Gasteiger partial charge in [-0.2, -0.15) is 0 Å². The Bertz CT molecular complexity index is 907. The molecule has 0 amide bonds. The third kappa shape index (κ3) is 1.57. The number of H-pyrrole nitrogens is 1. The van der Waals surface area contributed by atoms with Crippen molar-refractivity contribution < 1.29 is 5.11 Å². The van der Waals surface area contributed by atoms with E-state index in [9.17, 15) is 5.11 Å². The molecule has 3 aromatic rings. The fourth-order valence-electron chi connectivity index (χ4n) is 6.31. The van der Waals surface area contributed by atoms with Crippen LogP contribution in [0.1, 0.15) is 38.1 Å². The number of aliphatic hydroxyl groups is 1. The summed E-state index contributed by atoms with van der Waals surface area (Å²) in [5.74, 6) is 2.01. The van der Waals surface area contributed by atoms with E-state index in [0.717, 1.165) is 30.8 Å². The Hall–Kier alpha value is -1.81. The van der Waals surface area contributed by atoms with Gasteiger partial charge in [0.2, 0.25) is 0 Å². The second kappa shape index (κ2) is 3.99. The van der Waals surface area contributed by atoms with Crippen molar-refractivity contribution in [3.05, 3.63) is 30.7 Å². The first-order valence-corrected chi connectivity index (χ1v) is 8.85. The topological polar surface area (TPSA) is 53.8 Å². The van der Waals surface area contributed by atoms with Gasteiger partial charge in [0.15, 0.2) is 0 Å². The van der Waals surface area contributed by atoms with Gasteiger partial charge in [-0.3, -0.25) is 0 Å². The average molecular weight is 307 g/mol. The fourth-order valence-corrected chi connectivity index (χ4v) is 6.31. The van der Waals surface area contributed by atoms with Crippen LogP contribution in [-0.4, -0.2) is 25.2 Å². The van der Waals surface area contributed by atoms with Crippen molar-refractivity contribution in [1.82, 2.24) is 14.5 Å². The summed E-state index contributed by atoms with van der Waals surface area (Å²) in [6.45, 7) is 0. The van der Waals surface area contributed by atoms with E-state index in [0.29, 0.717) is 17.9 Å². The molecule has 23 heavy (non-hydrogen) atoms. The number of nitrogens with one attached hydrogen (secondary N) is 1. The third-order valence-electron chi connectivity index (χ3n) is 6.77. The highest BCUT2D eigenvalue weighted by molar-refractivity contribution is 6.02. The molecule has 4 fully saturated rings. The van der Waals surface area contributed by atoms with E-state index in [2.05, 4.69) is 32.9 Å². The van der Waals surface area contributed by atoms with Gasteiger partial charge in [-0.25, -0.2) is 4.98 Å². The van der Waals surface area contributed by atoms with Crippen LogP contribution in [0.5, 0.6) is 0 Å². The van der Waals surface area contributed by atoms with Gasteiger partial charge < -0.3 is 14.7 Å². The average Bonchev–Trinajstić information content (AvgIpc) is 3.10. The minimum absolute atomic E-state index is 0.360. The summed E-state index contributed by atoms with van der Waals surface area (Å²) in [6, 6.07) is 4.89. The minimum atomic E-state index is -0.360. The largest absolute Gasteiger partial charge is 0.390 e. The van der Waals surface area contributed by atoms with E-state index in [-0.39, 0.29) is 5.60 Å². The van der Waals surface area contributed by atoms with Gasteiger partial charge >= 0.3 is 0 Å².